The molecule has 1 heterocycles. The third-order valence-corrected chi connectivity index (χ3v) is 5.14. The zero-order valence-electron chi connectivity index (χ0n) is 16.8. The lowest BCUT2D eigenvalue weighted by Crippen LogP contribution is -2.58. The first-order chi connectivity index (χ1) is 14.2. The summed E-state index contributed by atoms with van der Waals surface area (Å²) in [7, 11) is 0. The number of nitrogens with two attached hydrogens (primary N) is 1. The molecule has 11 nitrogen and oxygen atoms in total. The molecule has 0 aliphatic rings. The second-order valence-corrected chi connectivity index (χ2v) is 7.89. The van der Waals surface area contributed by atoms with E-state index in [4.69, 9.17) is 10.8 Å². The van der Waals surface area contributed by atoms with Crippen LogP contribution in [0.25, 0.3) is 0 Å². The summed E-state index contributed by atoms with van der Waals surface area (Å²) in [6.45, 7) is 1.30. The van der Waals surface area contributed by atoms with Crippen molar-refractivity contribution in [2.24, 2.45) is 5.73 Å². The van der Waals surface area contributed by atoms with Crippen LogP contribution >= 0.6 is 24.4 Å². The summed E-state index contributed by atoms with van der Waals surface area (Å²) in [5, 5.41) is 16.3. The number of rotatable bonds is 13. The normalized spacial score (nSPS) is 14.8. The van der Waals surface area contributed by atoms with Crippen molar-refractivity contribution >= 4 is 48.1 Å². The Morgan fingerprint density at radius 1 is 1.20 bits per heavy atom. The van der Waals surface area contributed by atoms with Crippen LogP contribution in [0.3, 0.4) is 0 Å². The van der Waals surface area contributed by atoms with Crippen LogP contribution in [0, 0.1) is 0 Å². The van der Waals surface area contributed by atoms with Crippen molar-refractivity contribution < 1.29 is 24.3 Å². The van der Waals surface area contributed by atoms with Crippen LogP contribution in [0.1, 0.15) is 19.0 Å². The van der Waals surface area contributed by atoms with E-state index >= 15 is 0 Å². The topological polar surface area (TPSA) is 179 Å². The fraction of sp³-hybridized carbons (Fsp3) is 0.588. The Morgan fingerprint density at radius 3 is 2.37 bits per heavy atom. The standard InChI is InChI=1S/C17H28N6O5S2/c1-9(17(27)28)21-16(26)13(7-29)23-15(25)12(5-10-6-19-8-20-10)22-14(24)11(18)3-4-30-2/h6,8-9,11-13,29H,3-5,7,18H2,1-2H3,(H,19,20)(H,21,26)(H,22,24)(H,23,25)(H,27,28). The molecule has 4 unspecified atom stereocenters. The number of nitrogens with zero attached hydrogens (tertiary/aromatic N) is 1. The molecule has 0 bridgehead atoms. The molecule has 0 aliphatic carbocycles. The van der Waals surface area contributed by atoms with Crippen molar-refractivity contribution in [1.82, 2.24) is 25.9 Å². The fourth-order valence-electron chi connectivity index (χ4n) is 2.32. The molecule has 0 aromatic carbocycles. The predicted molar refractivity (Wildman–Crippen MR) is 116 cm³/mol. The number of carbonyl (C=O) groups is 4. The van der Waals surface area contributed by atoms with Gasteiger partial charge < -0.3 is 31.8 Å². The van der Waals surface area contributed by atoms with Gasteiger partial charge in [-0.25, -0.2) is 4.98 Å². The zero-order chi connectivity index (χ0) is 22.7. The van der Waals surface area contributed by atoms with E-state index in [1.54, 1.807) is 11.8 Å². The van der Waals surface area contributed by atoms with Gasteiger partial charge in [-0.1, -0.05) is 0 Å². The van der Waals surface area contributed by atoms with Crippen LogP contribution in [-0.4, -0.2) is 80.7 Å². The Kier molecular flexibility index (Phi) is 11.3. The SMILES string of the molecule is CSCCC(N)C(=O)NC(Cc1cnc[nH]1)C(=O)NC(CS)C(=O)NC(C)C(=O)O. The first-order valence-electron chi connectivity index (χ1n) is 9.16. The van der Waals surface area contributed by atoms with E-state index in [1.165, 1.54) is 19.4 Å². The minimum Gasteiger partial charge on any atom is -0.480 e. The molecule has 1 rings (SSSR count). The summed E-state index contributed by atoms with van der Waals surface area (Å²) in [6, 6.07) is -4.03. The highest BCUT2D eigenvalue weighted by Crippen LogP contribution is 2.03. The number of carboxylic acid groups (broad SMARTS) is 1. The smallest absolute Gasteiger partial charge is 0.325 e. The molecular weight excluding hydrogens is 432 g/mol. The number of imidazole rings is 1. The van der Waals surface area contributed by atoms with Crippen LogP contribution in [0.5, 0.6) is 0 Å². The fourth-order valence-corrected chi connectivity index (χ4v) is 3.07. The molecule has 0 radical (unpaired) electrons. The lowest BCUT2D eigenvalue weighted by molar-refractivity contribution is -0.141. The number of carboxylic acids is 1. The Morgan fingerprint density at radius 2 is 1.83 bits per heavy atom. The van der Waals surface area contributed by atoms with Gasteiger partial charge in [-0.05, 0) is 25.4 Å². The molecule has 4 atom stereocenters. The predicted octanol–water partition coefficient (Wildman–Crippen LogP) is -1.48. The minimum atomic E-state index is -1.21. The third kappa shape index (κ3) is 8.63. The number of H-pyrrole nitrogens is 1. The molecule has 0 fully saturated rings. The summed E-state index contributed by atoms with van der Waals surface area (Å²) >= 11 is 5.60. The summed E-state index contributed by atoms with van der Waals surface area (Å²) in [6.07, 6.45) is 5.39. The summed E-state index contributed by atoms with van der Waals surface area (Å²) in [5.41, 5.74) is 6.47. The molecule has 0 saturated carbocycles. The summed E-state index contributed by atoms with van der Waals surface area (Å²) < 4.78 is 0. The van der Waals surface area contributed by atoms with Crippen molar-refractivity contribution in [3.8, 4) is 0 Å². The Hall–Kier alpha value is -2.25. The summed E-state index contributed by atoms with van der Waals surface area (Å²) in [5.74, 6) is -2.41. The quantitative estimate of drug-likeness (QED) is 0.174. The number of hydrogen-bond acceptors (Lipinski definition) is 8. The second-order valence-electron chi connectivity index (χ2n) is 6.54. The monoisotopic (exact) mass is 460 g/mol. The van der Waals surface area contributed by atoms with E-state index in [0.29, 0.717) is 17.9 Å². The van der Waals surface area contributed by atoms with Gasteiger partial charge in [0.25, 0.3) is 0 Å². The van der Waals surface area contributed by atoms with Gasteiger partial charge in [-0.3, -0.25) is 19.2 Å². The molecule has 168 valence electrons. The highest BCUT2D eigenvalue weighted by Gasteiger charge is 2.29. The van der Waals surface area contributed by atoms with Crippen molar-refractivity contribution in [3.63, 3.8) is 0 Å². The Balaban J connectivity index is 2.85. The van der Waals surface area contributed by atoms with E-state index < -0.39 is 47.9 Å². The molecule has 1 aromatic rings. The Labute approximate surface area is 184 Å². The van der Waals surface area contributed by atoms with Gasteiger partial charge in [0.15, 0.2) is 0 Å². The third-order valence-electron chi connectivity index (χ3n) is 4.13. The molecular formula is C17H28N6O5S2. The highest BCUT2D eigenvalue weighted by atomic mass is 32.2. The zero-order valence-corrected chi connectivity index (χ0v) is 18.5. The molecule has 0 saturated heterocycles. The maximum absolute atomic E-state index is 12.8. The largest absolute Gasteiger partial charge is 0.480 e. The summed E-state index contributed by atoms with van der Waals surface area (Å²) in [4.78, 5) is 55.1. The lowest BCUT2D eigenvalue weighted by atomic mass is 10.1. The minimum absolute atomic E-state index is 0.0676. The van der Waals surface area contributed by atoms with E-state index in [1.807, 2.05) is 6.26 Å². The highest BCUT2D eigenvalue weighted by molar-refractivity contribution is 7.98. The van der Waals surface area contributed by atoms with E-state index in [9.17, 15) is 19.2 Å². The maximum Gasteiger partial charge on any atom is 0.325 e. The van der Waals surface area contributed by atoms with Crippen molar-refractivity contribution in [2.75, 3.05) is 17.8 Å². The lowest BCUT2D eigenvalue weighted by Gasteiger charge is -2.23. The molecule has 30 heavy (non-hydrogen) atoms. The van der Waals surface area contributed by atoms with Crippen LogP contribution in [-0.2, 0) is 25.6 Å². The van der Waals surface area contributed by atoms with Crippen molar-refractivity contribution in [3.05, 3.63) is 18.2 Å². The Bertz CT molecular complexity index is 718. The maximum atomic E-state index is 12.8. The van der Waals surface area contributed by atoms with Gasteiger partial charge in [0.2, 0.25) is 17.7 Å². The first kappa shape index (κ1) is 25.8. The molecule has 3 amide bonds. The van der Waals surface area contributed by atoms with Crippen LogP contribution in [0.4, 0.5) is 0 Å². The van der Waals surface area contributed by atoms with Gasteiger partial charge in [0, 0.05) is 24.1 Å². The number of aliphatic carboxylic acids is 1. The first-order valence-corrected chi connectivity index (χ1v) is 11.2. The van der Waals surface area contributed by atoms with E-state index in [0.717, 1.165) is 0 Å². The number of carbonyl (C=O) groups excluding carboxylic acids is 3. The molecule has 0 spiro atoms. The average Bonchev–Trinajstić information content (AvgIpc) is 3.22. The number of thioether (sulfide) groups is 1. The molecule has 0 aliphatic heterocycles. The number of thiol groups is 1. The molecule has 7 N–H and O–H groups in total. The molecule has 1 aromatic heterocycles. The number of aromatic nitrogens is 2. The van der Waals surface area contributed by atoms with Crippen LogP contribution in [0.2, 0.25) is 0 Å². The number of aromatic amines is 1. The van der Waals surface area contributed by atoms with Crippen LogP contribution in [0.15, 0.2) is 12.5 Å². The van der Waals surface area contributed by atoms with E-state index in [2.05, 4.69) is 38.5 Å². The van der Waals surface area contributed by atoms with Crippen molar-refractivity contribution in [1.29, 1.82) is 0 Å². The van der Waals surface area contributed by atoms with Crippen molar-refractivity contribution in [2.45, 2.75) is 43.9 Å². The average molecular weight is 461 g/mol. The number of amides is 3. The van der Waals surface area contributed by atoms with Gasteiger partial charge in [0.05, 0.1) is 12.4 Å². The van der Waals surface area contributed by atoms with Crippen LogP contribution < -0.4 is 21.7 Å². The van der Waals surface area contributed by atoms with Gasteiger partial charge in [-0.2, -0.15) is 24.4 Å². The van der Waals surface area contributed by atoms with Gasteiger partial charge in [-0.15, -0.1) is 0 Å². The second kappa shape index (κ2) is 13.1. The molecule has 13 heteroatoms. The van der Waals surface area contributed by atoms with Gasteiger partial charge >= 0.3 is 5.97 Å². The van der Waals surface area contributed by atoms with Gasteiger partial charge in [0.1, 0.15) is 18.1 Å². The number of nitrogens with one attached hydrogen (secondary N) is 4. The number of hydrogen-bond donors (Lipinski definition) is 7. The van der Waals surface area contributed by atoms with E-state index in [-0.39, 0.29) is 12.2 Å².